The quantitative estimate of drug-likeness (QED) is 0.287. The van der Waals surface area contributed by atoms with Gasteiger partial charge in [-0.25, -0.2) is 10.2 Å². The number of carboxylic acid groups (broad SMARTS) is 1. The van der Waals surface area contributed by atoms with Crippen molar-refractivity contribution in [2.24, 2.45) is 11.8 Å². The Morgan fingerprint density at radius 3 is 2.30 bits per heavy atom. The van der Waals surface area contributed by atoms with E-state index in [9.17, 15) is 18.8 Å². The van der Waals surface area contributed by atoms with Crippen LogP contribution in [0.2, 0.25) is 0 Å². The molecular formula is C15H18FN3O4. The Morgan fingerprint density at radius 1 is 1.13 bits per heavy atom. The van der Waals surface area contributed by atoms with Crippen molar-refractivity contribution in [3.8, 4) is 0 Å². The molecule has 2 rings (SSSR count). The van der Waals surface area contributed by atoms with E-state index in [0.29, 0.717) is 25.7 Å². The molecule has 1 saturated carbocycles. The lowest BCUT2D eigenvalue weighted by molar-refractivity contribution is -0.142. The number of nitrogens with two attached hydrogens (primary N) is 1. The predicted molar refractivity (Wildman–Crippen MR) is 79.7 cm³/mol. The van der Waals surface area contributed by atoms with Crippen molar-refractivity contribution in [2.45, 2.75) is 31.6 Å². The van der Waals surface area contributed by atoms with E-state index in [4.69, 9.17) is 10.9 Å². The second-order valence-electron chi connectivity index (χ2n) is 5.55. The van der Waals surface area contributed by atoms with E-state index < -0.39 is 23.6 Å². The van der Waals surface area contributed by atoms with Gasteiger partial charge in [0.15, 0.2) is 0 Å². The van der Waals surface area contributed by atoms with E-state index in [-0.39, 0.29) is 17.5 Å². The highest BCUT2D eigenvalue weighted by Crippen LogP contribution is 2.36. The molecule has 7 nitrogen and oxygen atoms in total. The van der Waals surface area contributed by atoms with Gasteiger partial charge >= 0.3 is 17.8 Å². The molecule has 124 valence electrons. The zero-order valence-corrected chi connectivity index (χ0v) is 12.3. The molecule has 23 heavy (non-hydrogen) atoms. The number of hydrazine groups is 1. The molecule has 0 saturated heterocycles. The van der Waals surface area contributed by atoms with Crippen molar-refractivity contribution >= 4 is 23.5 Å². The van der Waals surface area contributed by atoms with Crippen LogP contribution in [0.3, 0.4) is 0 Å². The molecule has 0 aliphatic heterocycles. The Labute approximate surface area is 132 Å². The van der Waals surface area contributed by atoms with E-state index in [2.05, 4.69) is 5.32 Å². The number of carboxylic acids is 1. The maximum atomic E-state index is 14.1. The van der Waals surface area contributed by atoms with Gasteiger partial charge < -0.3 is 10.4 Å². The SMILES string of the molecule is NNC(=O)C(=O)Nc1ccc(C2CCC(C(=O)O)CC2)cc1F. The highest BCUT2D eigenvalue weighted by molar-refractivity contribution is 6.39. The average molecular weight is 323 g/mol. The topological polar surface area (TPSA) is 122 Å². The molecule has 0 bridgehead atoms. The van der Waals surface area contributed by atoms with Crippen LogP contribution in [0.1, 0.15) is 37.2 Å². The maximum absolute atomic E-state index is 14.1. The van der Waals surface area contributed by atoms with Gasteiger partial charge in [0.25, 0.3) is 0 Å². The van der Waals surface area contributed by atoms with Gasteiger partial charge in [-0.1, -0.05) is 6.07 Å². The van der Waals surface area contributed by atoms with Gasteiger partial charge in [0.1, 0.15) is 5.82 Å². The second kappa shape index (κ2) is 7.19. The van der Waals surface area contributed by atoms with Crippen LogP contribution in [0.5, 0.6) is 0 Å². The van der Waals surface area contributed by atoms with Crippen molar-refractivity contribution in [2.75, 3.05) is 5.32 Å². The summed E-state index contributed by atoms with van der Waals surface area (Å²) in [6.45, 7) is 0. The Kier molecular flexibility index (Phi) is 5.28. The number of benzene rings is 1. The van der Waals surface area contributed by atoms with E-state index in [1.165, 1.54) is 12.1 Å². The first-order chi connectivity index (χ1) is 10.9. The fourth-order valence-corrected chi connectivity index (χ4v) is 2.80. The molecule has 1 aliphatic rings. The lowest BCUT2D eigenvalue weighted by Crippen LogP contribution is -2.39. The number of amides is 2. The molecular weight excluding hydrogens is 305 g/mol. The summed E-state index contributed by atoms with van der Waals surface area (Å²) in [4.78, 5) is 33.3. The number of anilines is 1. The van der Waals surface area contributed by atoms with Crippen LogP contribution in [0, 0.1) is 11.7 Å². The van der Waals surface area contributed by atoms with Crippen LogP contribution in [0.4, 0.5) is 10.1 Å². The third-order valence-electron chi connectivity index (χ3n) is 4.13. The molecule has 1 aliphatic carbocycles. The normalized spacial score (nSPS) is 20.6. The molecule has 8 heteroatoms. The molecule has 1 aromatic carbocycles. The van der Waals surface area contributed by atoms with E-state index in [0.717, 1.165) is 5.56 Å². The van der Waals surface area contributed by atoms with Crippen LogP contribution < -0.4 is 16.6 Å². The van der Waals surface area contributed by atoms with Crippen molar-refractivity contribution in [3.05, 3.63) is 29.6 Å². The third-order valence-corrected chi connectivity index (χ3v) is 4.13. The zero-order chi connectivity index (χ0) is 17.0. The maximum Gasteiger partial charge on any atom is 0.323 e. The number of aliphatic carboxylic acids is 1. The third kappa shape index (κ3) is 4.04. The first-order valence-electron chi connectivity index (χ1n) is 7.26. The summed E-state index contributed by atoms with van der Waals surface area (Å²) in [5.74, 6) is 1.03. The molecule has 1 fully saturated rings. The monoisotopic (exact) mass is 323 g/mol. The van der Waals surface area contributed by atoms with Crippen LogP contribution in [-0.4, -0.2) is 22.9 Å². The Balaban J connectivity index is 2.04. The summed E-state index contributed by atoms with van der Waals surface area (Å²) in [6, 6.07) is 4.36. The smallest absolute Gasteiger partial charge is 0.323 e. The van der Waals surface area contributed by atoms with Gasteiger partial charge in [-0.15, -0.1) is 0 Å². The first-order valence-corrected chi connectivity index (χ1v) is 7.26. The number of carbonyl (C=O) groups excluding carboxylic acids is 2. The van der Waals surface area contributed by atoms with Gasteiger partial charge in [-0.05, 0) is 49.3 Å². The minimum Gasteiger partial charge on any atom is -0.481 e. The number of nitrogens with one attached hydrogen (secondary N) is 2. The molecule has 1 aromatic rings. The molecule has 0 atom stereocenters. The van der Waals surface area contributed by atoms with Crippen LogP contribution in [0.25, 0.3) is 0 Å². The van der Waals surface area contributed by atoms with Crippen LogP contribution in [0.15, 0.2) is 18.2 Å². The first kappa shape index (κ1) is 16.9. The molecule has 0 unspecified atom stereocenters. The average Bonchev–Trinajstić information content (AvgIpc) is 2.55. The fourth-order valence-electron chi connectivity index (χ4n) is 2.80. The van der Waals surface area contributed by atoms with Gasteiger partial charge in [-0.2, -0.15) is 0 Å². The van der Waals surface area contributed by atoms with E-state index in [1.54, 1.807) is 11.5 Å². The lowest BCUT2D eigenvalue weighted by Gasteiger charge is -2.26. The van der Waals surface area contributed by atoms with E-state index in [1.807, 2.05) is 0 Å². The van der Waals surface area contributed by atoms with Gasteiger partial charge in [0.2, 0.25) is 0 Å². The highest BCUT2D eigenvalue weighted by atomic mass is 19.1. The lowest BCUT2D eigenvalue weighted by atomic mass is 9.79. The van der Waals surface area contributed by atoms with Crippen molar-refractivity contribution in [3.63, 3.8) is 0 Å². The van der Waals surface area contributed by atoms with Crippen LogP contribution in [-0.2, 0) is 14.4 Å². The summed E-state index contributed by atoms with van der Waals surface area (Å²) in [5, 5.41) is 11.1. The van der Waals surface area contributed by atoms with Crippen molar-refractivity contribution < 1.29 is 23.9 Å². The molecule has 0 aromatic heterocycles. The molecule has 0 radical (unpaired) electrons. The Morgan fingerprint density at radius 2 is 1.78 bits per heavy atom. The van der Waals surface area contributed by atoms with Crippen molar-refractivity contribution in [1.29, 1.82) is 0 Å². The van der Waals surface area contributed by atoms with E-state index >= 15 is 0 Å². The Bertz CT molecular complexity index is 627. The molecule has 0 spiro atoms. The number of halogens is 1. The van der Waals surface area contributed by atoms with Gasteiger partial charge in [0.05, 0.1) is 11.6 Å². The minimum atomic E-state index is -1.07. The number of hydrogen-bond donors (Lipinski definition) is 4. The number of rotatable bonds is 3. The molecule has 2 amide bonds. The summed E-state index contributed by atoms with van der Waals surface area (Å²) in [6.07, 6.45) is 2.49. The number of carbonyl (C=O) groups is 3. The molecule has 0 heterocycles. The summed E-state index contributed by atoms with van der Waals surface area (Å²) in [7, 11) is 0. The minimum absolute atomic E-state index is 0.0946. The summed E-state index contributed by atoms with van der Waals surface area (Å²) >= 11 is 0. The Hall–Kier alpha value is -2.48. The summed E-state index contributed by atoms with van der Waals surface area (Å²) in [5.41, 5.74) is 2.31. The highest BCUT2D eigenvalue weighted by Gasteiger charge is 2.27. The second-order valence-corrected chi connectivity index (χ2v) is 5.55. The van der Waals surface area contributed by atoms with Gasteiger partial charge in [-0.3, -0.25) is 19.8 Å². The van der Waals surface area contributed by atoms with Crippen LogP contribution >= 0.6 is 0 Å². The standard InChI is InChI=1S/C15H18FN3O4/c16-11-7-10(8-1-3-9(4-2-8)15(22)23)5-6-12(11)18-13(20)14(21)19-17/h5-9H,1-4,17H2,(H,18,20)(H,19,21)(H,22,23). The largest absolute Gasteiger partial charge is 0.481 e. The van der Waals surface area contributed by atoms with Crippen molar-refractivity contribution in [1.82, 2.24) is 5.43 Å². The zero-order valence-electron chi connectivity index (χ0n) is 12.3. The predicted octanol–water partition coefficient (Wildman–Crippen LogP) is 1.11. The molecule has 5 N–H and O–H groups in total. The van der Waals surface area contributed by atoms with Gasteiger partial charge in [0, 0.05) is 0 Å². The fraction of sp³-hybridized carbons (Fsp3) is 0.400. The number of hydrogen-bond acceptors (Lipinski definition) is 4. The summed E-state index contributed by atoms with van der Waals surface area (Å²) < 4.78 is 14.1.